The van der Waals surface area contributed by atoms with E-state index >= 15 is 0 Å². The summed E-state index contributed by atoms with van der Waals surface area (Å²) in [7, 11) is 0. The van der Waals surface area contributed by atoms with E-state index in [2.05, 4.69) is 46.8 Å². The molecule has 0 aliphatic carbocycles. The van der Waals surface area contributed by atoms with Gasteiger partial charge in [-0.15, -0.1) is 0 Å². The number of nitrogens with zero attached hydrogens (tertiary/aromatic N) is 3. The number of halogens is 2. The molecule has 0 atom stereocenters. The Labute approximate surface area is 150 Å². The summed E-state index contributed by atoms with van der Waals surface area (Å²) < 4.78 is 21.4. The third kappa shape index (κ3) is 5.08. The average Bonchev–Trinajstić information content (AvgIpc) is 3.04. The number of oxime groups is 1. The van der Waals surface area contributed by atoms with Crippen molar-refractivity contribution in [3.05, 3.63) is 34.2 Å². The van der Waals surface area contributed by atoms with Crippen LogP contribution in [-0.4, -0.2) is 40.2 Å². The van der Waals surface area contributed by atoms with Crippen LogP contribution in [0.25, 0.3) is 0 Å². The van der Waals surface area contributed by atoms with Gasteiger partial charge < -0.3 is 15.8 Å². The molecular formula is C13H16BrFN6O2S. The predicted octanol–water partition coefficient (Wildman–Crippen LogP) is 2.89. The molecule has 4 N–H and O–H groups in total. The molecule has 1 aromatic heterocycles. The van der Waals surface area contributed by atoms with E-state index in [1.807, 2.05) is 6.92 Å². The third-order valence-electron chi connectivity index (χ3n) is 2.76. The van der Waals surface area contributed by atoms with Gasteiger partial charge in [-0.1, -0.05) is 24.0 Å². The molecule has 0 saturated heterocycles. The van der Waals surface area contributed by atoms with Crippen molar-refractivity contribution in [2.45, 2.75) is 6.92 Å². The van der Waals surface area contributed by atoms with Gasteiger partial charge in [-0.2, -0.15) is 0 Å². The van der Waals surface area contributed by atoms with Gasteiger partial charge in [0.2, 0.25) is 11.7 Å². The second kappa shape index (κ2) is 9.45. The highest BCUT2D eigenvalue weighted by Crippen LogP contribution is 2.21. The molecule has 8 nitrogen and oxygen atoms in total. The summed E-state index contributed by atoms with van der Waals surface area (Å²) in [5.74, 6) is 0.925. The number of hydrogen-bond acceptors (Lipinski definition) is 8. The number of nitrogens with one attached hydrogen (secondary N) is 3. The summed E-state index contributed by atoms with van der Waals surface area (Å²) in [5.41, 5.74) is 0.715. The van der Waals surface area contributed by atoms with Gasteiger partial charge in [-0.25, -0.2) is 9.02 Å². The molecule has 0 aliphatic heterocycles. The van der Waals surface area contributed by atoms with E-state index in [4.69, 9.17) is 4.63 Å². The standard InChI is InChI=1S/C13H16BrFN6O2S/c1-2-24-17-6-5-16-12-11(20-23-21-12)13(19-22)18-8-3-4-10(15)9(14)7-8/h3-4,7,17,22H,2,5-6H2,1H3,(H,16,21)(H,18,19). The number of aromatic nitrogens is 2. The van der Waals surface area contributed by atoms with Crippen LogP contribution in [-0.2, 0) is 0 Å². The zero-order valence-electron chi connectivity index (χ0n) is 12.7. The molecule has 11 heteroatoms. The monoisotopic (exact) mass is 418 g/mol. The van der Waals surface area contributed by atoms with Crippen molar-refractivity contribution in [2.75, 3.05) is 29.5 Å². The lowest BCUT2D eigenvalue weighted by Gasteiger charge is -2.08. The minimum absolute atomic E-state index is 0.0214. The largest absolute Gasteiger partial charge is 0.409 e. The molecule has 130 valence electrons. The van der Waals surface area contributed by atoms with Crippen molar-refractivity contribution in [2.24, 2.45) is 5.16 Å². The molecule has 2 aromatic rings. The quantitative estimate of drug-likeness (QED) is 0.129. The smallest absolute Gasteiger partial charge is 0.203 e. The Morgan fingerprint density at radius 1 is 1.42 bits per heavy atom. The van der Waals surface area contributed by atoms with Crippen molar-refractivity contribution in [3.63, 3.8) is 0 Å². The van der Waals surface area contributed by atoms with E-state index in [1.165, 1.54) is 18.2 Å². The number of hydrogen-bond donors (Lipinski definition) is 4. The Bertz CT molecular complexity index is 699. The molecule has 0 fully saturated rings. The normalized spacial score (nSPS) is 11.5. The van der Waals surface area contributed by atoms with Gasteiger partial charge in [-0.3, -0.25) is 4.72 Å². The maximum Gasteiger partial charge on any atom is 0.203 e. The molecule has 0 radical (unpaired) electrons. The Kier molecular flexibility index (Phi) is 7.28. The summed E-state index contributed by atoms with van der Waals surface area (Å²) in [6.45, 7) is 3.33. The number of benzene rings is 1. The average molecular weight is 419 g/mol. The Morgan fingerprint density at radius 3 is 2.96 bits per heavy atom. The Hall–Kier alpha value is -1.85. The van der Waals surface area contributed by atoms with Gasteiger partial charge in [0, 0.05) is 24.5 Å². The minimum atomic E-state index is -0.397. The Balaban J connectivity index is 2.03. The van der Waals surface area contributed by atoms with Crippen molar-refractivity contribution < 1.29 is 14.2 Å². The summed E-state index contributed by atoms with van der Waals surface area (Å²) in [6, 6.07) is 4.28. The van der Waals surface area contributed by atoms with E-state index in [0.717, 1.165) is 5.75 Å². The van der Waals surface area contributed by atoms with Crippen LogP contribution in [0.15, 0.2) is 32.5 Å². The fourth-order valence-corrected chi connectivity index (χ4v) is 2.54. The van der Waals surface area contributed by atoms with Crippen molar-refractivity contribution in [1.29, 1.82) is 0 Å². The van der Waals surface area contributed by atoms with E-state index in [9.17, 15) is 9.60 Å². The van der Waals surface area contributed by atoms with Crippen LogP contribution < -0.4 is 15.4 Å². The molecule has 1 heterocycles. The lowest BCUT2D eigenvalue weighted by Crippen LogP contribution is -2.20. The maximum atomic E-state index is 13.3. The summed E-state index contributed by atoms with van der Waals surface area (Å²) >= 11 is 4.69. The molecule has 0 amide bonds. The van der Waals surface area contributed by atoms with Gasteiger partial charge in [0.1, 0.15) is 5.82 Å². The lowest BCUT2D eigenvalue weighted by molar-refractivity contribution is 0.305. The van der Waals surface area contributed by atoms with Gasteiger partial charge in [-0.05, 0) is 44.4 Å². The van der Waals surface area contributed by atoms with E-state index in [0.29, 0.717) is 24.6 Å². The third-order valence-corrected chi connectivity index (χ3v) is 4.07. The fraction of sp³-hybridized carbons (Fsp3) is 0.308. The highest BCUT2D eigenvalue weighted by atomic mass is 79.9. The molecule has 24 heavy (non-hydrogen) atoms. The SMILES string of the molecule is CCSNCCNc1nonc1/C(=N/O)Nc1ccc(F)c(Br)c1. The van der Waals surface area contributed by atoms with Gasteiger partial charge in [0.05, 0.1) is 4.47 Å². The van der Waals surface area contributed by atoms with E-state index in [-0.39, 0.29) is 16.0 Å². The summed E-state index contributed by atoms with van der Waals surface area (Å²) in [6.07, 6.45) is 0. The fourth-order valence-electron chi connectivity index (χ4n) is 1.71. The number of rotatable bonds is 8. The van der Waals surface area contributed by atoms with Gasteiger partial charge in [0.25, 0.3) is 0 Å². The first-order chi connectivity index (χ1) is 11.7. The van der Waals surface area contributed by atoms with Crippen LogP contribution >= 0.6 is 27.9 Å². The van der Waals surface area contributed by atoms with Crippen LogP contribution in [0.2, 0.25) is 0 Å². The molecule has 0 unspecified atom stereocenters. The number of amidine groups is 1. The molecule has 1 aromatic carbocycles. The molecule has 0 spiro atoms. The Morgan fingerprint density at radius 2 is 2.25 bits per heavy atom. The zero-order chi connectivity index (χ0) is 17.4. The van der Waals surface area contributed by atoms with Crippen LogP contribution in [0.1, 0.15) is 12.6 Å². The first kappa shape index (κ1) is 18.5. The van der Waals surface area contributed by atoms with Gasteiger partial charge in [0.15, 0.2) is 5.69 Å². The molecule has 0 aliphatic rings. The topological polar surface area (TPSA) is 108 Å². The number of anilines is 2. The van der Waals surface area contributed by atoms with Gasteiger partial charge >= 0.3 is 0 Å². The van der Waals surface area contributed by atoms with E-state index < -0.39 is 5.82 Å². The highest BCUT2D eigenvalue weighted by Gasteiger charge is 2.17. The maximum absolute atomic E-state index is 13.3. The second-order valence-corrected chi connectivity index (χ2v) is 6.43. The van der Waals surface area contributed by atoms with Crippen LogP contribution in [0.5, 0.6) is 0 Å². The highest BCUT2D eigenvalue weighted by molar-refractivity contribution is 9.10. The first-order valence-electron chi connectivity index (χ1n) is 7.01. The zero-order valence-corrected chi connectivity index (χ0v) is 15.1. The van der Waals surface area contributed by atoms with Crippen molar-refractivity contribution >= 4 is 45.2 Å². The molecular weight excluding hydrogens is 403 g/mol. The molecule has 0 saturated carbocycles. The predicted molar refractivity (Wildman–Crippen MR) is 95.0 cm³/mol. The minimum Gasteiger partial charge on any atom is -0.409 e. The van der Waals surface area contributed by atoms with Crippen LogP contribution in [0.3, 0.4) is 0 Å². The summed E-state index contributed by atoms with van der Waals surface area (Å²) in [5, 5.41) is 25.7. The van der Waals surface area contributed by atoms with Crippen molar-refractivity contribution in [3.8, 4) is 0 Å². The van der Waals surface area contributed by atoms with E-state index in [1.54, 1.807) is 11.9 Å². The first-order valence-corrected chi connectivity index (χ1v) is 8.79. The van der Waals surface area contributed by atoms with Crippen molar-refractivity contribution in [1.82, 2.24) is 15.0 Å². The molecule has 2 rings (SSSR count). The second-order valence-electron chi connectivity index (χ2n) is 4.42. The lowest BCUT2D eigenvalue weighted by atomic mass is 10.3. The van der Waals surface area contributed by atoms with Crippen LogP contribution in [0.4, 0.5) is 15.9 Å². The summed E-state index contributed by atoms with van der Waals surface area (Å²) in [4.78, 5) is 0. The molecule has 0 bridgehead atoms. The van der Waals surface area contributed by atoms with Crippen LogP contribution in [0, 0.1) is 5.82 Å².